The van der Waals surface area contributed by atoms with Crippen LogP contribution in [0.2, 0.25) is 0 Å². The van der Waals surface area contributed by atoms with Crippen LogP contribution >= 0.6 is 24.4 Å². The van der Waals surface area contributed by atoms with Gasteiger partial charge in [0, 0.05) is 0 Å². The topological polar surface area (TPSA) is 95.1 Å². The van der Waals surface area contributed by atoms with Gasteiger partial charge in [-0.1, -0.05) is 24.3 Å². The molecule has 2 saturated heterocycles. The minimum absolute atomic E-state index is 0.0730. The van der Waals surface area contributed by atoms with Gasteiger partial charge in [0.25, 0.3) is 22.2 Å². The molecule has 2 heterocycles. The highest BCUT2D eigenvalue weighted by Gasteiger charge is 2.24. The SMILES string of the molecule is O=C1NC(=S)OC1=Cc1ccc(OC[C@H]2CC[C@H](COc3ccc(C=C4OC(=S)NC4=O)cc3)CC2)cc1. The monoisotopic (exact) mass is 550 g/mol. The van der Waals surface area contributed by atoms with Gasteiger partial charge < -0.3 is 18.9 Å². The maximum atomic E-state index is 11.7. The summed E-state index contributed by atoms with van der Waals surface area (Å²) in [6, 6.07) is 15.1. The highest BCUT2D eigenvalue weighted by Crippen LogP contribution is 2.30. The number of carbonyl (C=O) groups is 2. The third-order valence-electron chi connectivity index (χ3n) is 6.58. The molecule has 3 fully saturated rings. The zero-order chi connectivity index (χ0) is 26.5. The molecule has 0 bridgehead atoms. The Hall–Kier alpha value is -3.76. The molecule has 3 aliphatic rings. The molecule has 2 aromatic carbocycles. The molecule has 38 heavy (non-hydrogen) atoms. The standard InChI is InChI=1S/C28H26N2O6S2/c31-25-23(35-27(37)29-25)13-17-5-9-21(10-6-17)33-15-19-1-2-20(4-3-19)16-34-22-11-7-18(8-12-22)14-24-26(32)30-28(38)36-24/h5-14,19-20H,1-4,15-16H2,(H,29,31,37)(H,30,32,38)/t19-,20-. The van der Waals surface area contributed by atoms with Crippen LogP contribution in [-0.4, -0.2) is 35.4 Å². The Bertz CT molecular complexity index is 1190. The predicted octanol–water partition coefficient (Wildman–Crippen LogP) is 4.50. The molecule has 2 aromatic rings. The van der Waals surface area contributed by atoms with E-state index in [0.29, 0.717) is 25.0 Å². The fourth-order valence-corrected chi connectivity index (χ4v) is 4.82. The average molecular weight is 551 g/mol. The van der Waals surface area contributed by atoms with Crippen molar-refractivity contribution >= 4 is 58.8 Å². The van der Waals surface area contributed by atoms with Crippen molar-refractivity contribution in [3.05, 3.63) is 71.2 Å². The van der Waals surface area contributed by atoms with E-state index in [1.165, 1.54) is 0 Å². The Morgan fingerprint density at radius 3 is 1.37 bits per heavy atom. The van der Waals surface area contributed by atoms with Crippen molar-refractivity contribution in [3.63, 3.8) is 0 Å². The van der Waals surface area contributed by atoms with Crippen LogP contribution in [0.25, 0.3) is 12.2 Å². The Morgan fingerprint density at radius 2 is 1.05 bits per heavy atom. The zero-order valence-electron chi connectivity index (χ0n) is 20.4. The van der Waals surface area contributed by atoms with Crippen molar-refractivity contribution in [3.8, 4) is 11.5 Å². The smallest absolute Gasteiger partial charge is 0.294 e. The number of benzene rings is 2. The third-order valence-corrected chi connectivity index (χ3v) is 6.95. The van der Waals surface area contributed by atoms with Crippen LogP contribution in [-0.2, 0) is 19.1 Å². The number of ether oxygens (including phenoxy) is 4. The van der Waals surface area contributed by atoms with E-state index >= 15 is 0 Å². The Balaban J connectivity index is 1.02. The number of amides is 2. The van der Waals surface area contributed by atoms with E-state index < -0.39 is 0 Å². The summed E-state index contributed by atoms with van der Waals surface area (Å²) in [4.78, 5) is 23.4. The molecular formula is C28H26N2O6S2. The van der Waals surface area contributed by atoms with E-state index in [-0.39, 0.29) is 33.7 Å². The van der Waals surface area contributed by atoms with E-state index in [2.05, 4.69) is 10.6 Å². The second kappa shape index (κ2) is 11.7. The van der Waals surface area contributed by atoms with Crippen molar-refractivity contribution in [2.24, 2.45) is 11.8 Å². The van der Waals surface area contributed by atoms with Crippen LogP contribution in [0.4, 0.5) is 0 Å². The first kappa shape index (κ1) is 25.9. The Labute approximate surface area is 231 Å². The van der Waals surface area contributed by atoms with Crippen LogP contribution in [0.1, 0.15) is 36.8 Å². The summed E-state index contributed by atoms with van der Waals surface area (Å²) in [7, 11) is 0. The first-order valence-electron chi connectivity index (χ1n) is 12.4. The lowest BCUT2D eigenvalue weighted by molar-refractivity contribution is -0.117. The third kappa shape index (κ3) is 6.76. The van der Waals surface area contributed by atoms with Gasteiger partial charge in [-0.2, -0.15) is 0 Å². The number of nitrogens with one attached hydrogen (secondary N) is 2. The van der Waals surface area contributed by atoms with E-state index in [4.69, 9.17) is 43.4 Å². The lowest BCUT2D eigenvalue weighted by atomic mass is 9.83. The molecular weight excluding hydrogens is 524 g/mol. The number of rotatable bonds is 8. The normalized spacial score (nSPS) is 23.2. The fourth-order valence-electron chi connectivity index (χ4n) is 4.46. The molecule has 1 aliphatic carbocycles. The average Bonchev–Trinajstić information content (AvgIpc) is 3.41. The first-order chi connectivity index (χ1) is 18.4. The summed E-state index contributed by atoms with van der Waals surface area (Å²) in [5.41, 5.74) is 1.67. The molecule has 0 aromatic heterocycles. The van der Waals surface area contributed by atoms with Gasteiger partial charge in [0.05, 0.1) is 13.2 Å². The molecule has 0 unspecified atom stereocenters. The number of hydrogen-bond acceptors (Lipinski definition) is 8. The van der Waals surface area contributed by atoms with Crippen molar-refractivity contribution in [2.45, 2.75) is 25.7 Å². The molecule has 2 N–H and O–H groups in total. The lowest BCUT2D eigenvalue weighted by Gasteiger charge is -2.28. The van der Waals surface area contributed by atoms with E-state index in [1.807, 2.05) is 48.5 Å². The van der Waals surface area contributed by atoms with Gasteiger partial charge in [0.2, 0.25) is 0 Å². The molecule has 0 radical (unpaired) electrons. The van der Waals surface area contributed by atoms with Crippen LogP contribution in [0, 0.1) is 11.8 Å². The summed E-state index contributed by atoms with van der Waals surface area (Å²) >= 11 is 9.68. The second-order valence-electron chi connectivity index (χ2n) is 9.35. The van der Waals surface area contributed by atoms with Crippen molar-refractivity contribution in [1.82, 2.24) is 10.6 Å². The van der Waals surface area contributed by atoms with Gasteiger partial charge in [0.1, 0.15) is 11.5 Å². The molecule has 8 nitrogen and oxygen atoms in total. The Morgan fingerprint density at radius 1 is 0.684 bits per heavy atom. The molecule has 2 amide bonds. The van der Waals surface area contributed by atoms with Gasteiger partial charge in [-0.3, -0.25) is 20.2 Å². The van der Waals surface area contributed by atoms with Gasteiger partial charge in [-0.05, 0) is 109 Å². The minimum Gasteiger partial charge on any atom is -0.493 e. The molecule has 0 atom stereocenters. The van der Waals surface area contributed by atoms with Crippen LogP contribution in [0.3, 0.4) is 0 Å². The zero-order valence-corrected chi connectivity index (χ0v) is 22.1. The number of carbonyl (C=O) groups excluding carboxylic acids is 2. The molecule has 1 saturated carbocycles. The van der Waals surface area contributed by atoms with Crippen molar-refractivity contribution in [2.75, 3.05) is 13.2 Å². The maximum Gasteiger partial charge on any atom is 0.294 e. The van der Waals surface area contributed by atoms with Gasteiger partial charge in [-0.25, -0.2) is 0 Å². The Kier molecular flexibility index (Phi) is 8.00. The van der Waals surface area contributed by atoms with Gasteiger partial charge in [-0.15, -0.1) is 0 Å². The largest absolute Gasteiger partial charge is 0.493 e. The van der Waals surface area contributed by atoms with Crippen LogP contribution < -0.4 is 20.1 Å². The fraction of sp³-hybridized carbons (Fsp3) is 0.286. The molecule has 196 valence electrons. The van der Waals surface area contributed by atoms with Crippen LogP contribution in [0.15, 0.2) is 60.0 Å². The maximum absolute atomic E-state index is 11.7. The summed E-state index contributed by atoms with van der Waals surface area (Å²) in [6.45, 7) is 1.36. The summed E-state index contributed by atoms with van der Waals surface area (Å²) < 4.78 is 22.4. The quantitative estimate of drug-likeness (QED) is 0.367. The molecule has 5 rings (SSSR count). The minimum atomic E-state index is -0.334. The lowest BCUT2D eigenvalue weighted by Crippen LogP contribution is -2.23. The summed E-state index contributed by atoms with van der Waals surface area (Å²) in [5.74, 6) is 2.34. The van der Waals surface area contributed by atoms with Gasteiger partial charge >= 0.3 is 0 Å². The summed E-state index contributed by atoms with van der Waals surface area (Å²) in [6.07, 6.45) is 7.69. The first-order valence-corrected chi connectivity index (χ1v) is 13.2. The van der Waals surface area contributed by atoms with Crippen LogP contribution in [0.5, 0.6) is 11.5 Å². The van der Waals surface area contributed by atoms with E-state index in [9.17, 15) is 9.59 Å². The van der Waals surface area contributed by atoms with Crippen molar-refractivity contribution in [1.29, 1.82) is 0 Å². The number of hydrogen-bond donors (Lipinski definition) is 2. The molecule has 2 aliphatic heterocycles. The van der Waals surface area contributed by atoms with Gasteiger partial charge in [0.15, 0.2) is 11.5 Å². The summed E-state index contributed by atoms with van der Waals surface area (Å²) in [5, 5.41) is 5.02. The van der Waals surface area contributed by atoms with E-state index in [0.717, 1.165) is 48.3 Å². The number of thiocarbonyl (C=S) groups is 2. The molecule has 0 spiro atoms. The molecule has 10 heteroatoms. The van der Waals surface area contributed by atoms with E-state index in [1.54, 1.807) is 12.2 Å². The van der Waals surface area contributed by atoms with Crippen molar-refractivity contribution < 1.29 is 28.5 Å². The predicted molar refractivity (Wildman–Crippen MR) is 149 cm³/mol. The second-order valence-corrected chi connectivity index (χ2v) is 10.1. The highest BCUT2D eigenvalue weighted by atomic mass is 32.1. The highest BCUT2D eigenvalue weighted by molar-refractivity contribution is 7.80.